The van der Waals surface area contributed by atoms with Crippen LogP contribution in [-0.4, -0.2) is 50.8 Å². The third kappa shape index (κ3) is 3.10. The molecule has 1 aliphatic rings. The van der Waals surface area contributed by atoms with Crippen molar-refractivity contribution >= 4 is 11.9 Å². The Bertz CT molecular complexity index is 580. The molecule has 0 amide bonds. The molecule has 3 rings (SSSR count). The highest BCUT2D eigenvalue weighted by molar-refractivity contribution is 5.38. The zero-order valence-electron chi connectivity index (χ0n) is 12.2. The second-order valence-corrected chi connectivity index (χ2v) is 5.06. The maximum absolute atomic E-state index is 5.43. The van der Waals surface area contributed by atoms with Crippen molar-refractivity contribution in [1.82, 2.24) is 24.5 Å². The SMILES string of the molecule is CNc1nc(NC(C)C2CCOC2)nc(-n2ccnc2)n1. The van der Waals surface area contributed by atoms with Crippen LogP contribution in [0.2, 0.25) is 0 Å². The first-order valence-corrected chi connectivity index (χ1v) is 7.02. The molecular formula is C13H19N7O. The summed E-state index contributed by atoms with van der Waals surface area (Å²) >= 11 is 0. The van der Waals surface area contributed by atoms with Crippen LogP contribution in [0.1, 0.15) is 13.3 Å². The maximum Gasteiger partial charge on any atom is 0.241 e. The van der Waals surface area contributed by atoms with Gasteiger partial charge in [0.25, 0.3) is 0 Å². The summed E-state index contributed by atoms with van der Waals surface area (Å²) in [6.45, 7) is 3.74. The van der Waals surface area contributed by atoms with E-state index in [9.17, 15) is 0 Å². The molecule has 1 saturated heterocycles. The van der Waals surface area contributed by atoms with Crippen LogP contribution in [-0.2, 0) is 4.74 Å². The van der Waals surface area contributed by atoms with Crippen LogP contribution in [0, 0.1) is 5.92 Å². The van der Waals surface area contributed by atoms with Gasteiger partial charge in [-0.3, -0.25) is 4.57 Å². The van der Waals surface area contributed by atoms with Crippen molar-refractivity contribution < 1.29 is 4.74 Å². The lowest BCUT2D eigenvalue weighted by atomic mass is 10.0. The number of hydrogen-bond donors (Lipinski definition) is 2. The van der Waals surface area contributed by atoms with E-state index in [-0.39, 0.29) is 6.04 Å². The van der Waals surface area contributed by atoms with Gasteiger partial charge < -0.3 is 15.4 Å². The number of anilines is 2. The standard InChI is InChI=1S/C13H19N7O/c1-9(10-3-6-21-7-10)16-12-17-11(14-2)18-13(19-12)20-5-4-15-8-20/h4-5,8-10H,3,6-7H2,1-2H3,(H2,14,16,17,18,19). The second kappa shape index (κ2) is 6.04. The van der Waals surface area contributed by atoms with E-state index in [0.717, 1.165) is 19.6 Å². The lowest BCUT2D eigenvalue weighted by Crippen LogP contribution is -2.27. The van der Waals surface area contributed by atoms with Gasteiger partial charge in [0.2, 0.25) is 17.8 Å². The average molecular weight is 289 g/mol. The molecule has 21 heavy (non-hydrogen) atoms. The molecule has 2 aromatic heterocycles. The minimum absolute atomic E-state index is 0.246. The van der Waals surface area contributed by atoms with Crippen LogP contribution >= 0.6 is 0 Å². The van der Waals surface area contributed by atoms with Crippen molar-refractivity contribution in [3.63, 3.8) is 0 Å². The minimum Gasteiger partial charge on any atom is -0.381 e. The van der Waals surface area contributed by atoms with Crippen LogP contribution in [0.15, 0.2) is 18.7 Å². The molecule has 2 N–H and O–H groups in total. The molecule has 0 saturated carbocycles. The quantitative estimate of drug-likeness (QED) is 0.846. The fraction of sp³-hybridized carbons (Fsp3) is 0.538. The normalized spacial score (nSPS) is 19.4. The Hall–Kier alpha value is -2.22. The minimum atomic E-state index is 0.246. The van der Waals surface area contributed by atoms with Crippen molar-refractivity contribution in [3.8, 4) is 5.95 Å². The topological polar surface area (TPSA) is 89.8 Å². The Kier molecular flexibility index (Phi) is 3.96. The number of nitrogens with one attached hydrogen (secondary N) is 2. The van der Waals surface area contributed by atoms with Gasteiger partial charge in [-0.15, -0.1) is 0 Å². The van der Waals surface area contributed by atoms with E-state index in [0.29, 0.717) is 23.8 Å². The van der Waals surface area contributed by atoms with Gasteiger partial charge in [-0.05, 0) is 13.3 Å². The van der Waals surface area contributed by atoms with Gasteiger partial charge in [0, 0.05) is 38.0 Å². The Morgan fingerprint density at radius 1 is 1.33 bits per heavy atom. The van der Waals surface area contributed by atoms with Crippen molar-refractivity contribution in [1.29, 1.82) is 0 Å². The second-order valence-electron chi connectivity index (χ2n) is 5.06. The molecule has 0 aromatic carbocycles. The van der Waals surface area contributed by atoms with E-state index in [1.54, 1.807) is 30.3 Å². The lowest BCUT2D eigenvalue weighted by molar-refractivity contribution is 0.183. The molecule has 0 radical (unpaired) electrons. The molecule has 2 unspecified atom stereocenters. The van der Waals surface area contributed by atoms with E-state index in [2.05, 4.69) is 37.5 Å². The molecule has 2 atom stereocenters. The number of hydrogen-bond acceptors (Lipinski definition) is 7. The smallest absolute Gasteiger partial charge is 0.241 e. The average Bonchev–Trinajstić information content (AvgIpc) is 3.19. The summed E-state index contributed by atoms with van der Waals surface area (Å²) in [6, 6.07) is 0.246. The van der Waals surface area contributed by atoms with Gasteiger partial charge in [-0.25, -0.2) is 4.98 Å². The van der Waals surface area contributed by atoms with E-state index >= 15 is 0 Å². The highest BCUT2D eigenvalue weighted by Crippen LogP contribution is 2.19. The van der Waals surface area contributed by atoms with Gasteiger partial charge in [0.15, 0.2) is 0 Å². The first kappa shape index (κ1) is 13.7. The molecule has 8 nitrogen and oxygen atoms in total. The number of imidazole rings is 1. The van der Waals surface area contributed by atoms with Crippen molar-refractivity contribution in [2.75, 3.05) is 30.9 Å². The van der Waals surface area contributed by atoms with Crippen molar-refractivity contribution in [2.45, 2.75) is 19.4 Å². The summed E-state index contributed by atoms with van der Waals surface area (Å²) in [7, 11) is 1.78. The highest BCUT2D eigenvalue weighted by Gasteiger charge is 2.23. The predicted molar refractivity (Wildman–Crippen MR) is 78.5 cm³/mol. The zero-order valence-corrected chi connectivity index (χ0v) is 12.2. The Balaban J connectivity index is 1.82. The predicted octanol–water partition coefficient (Wildman–Crippen LogP) is 0.936. The number of ether oxygens (including phenoxy) is 1. The van der Waals surface area contributed by atoms with E-state index in [4.69, 9.17) is 4.74 Å². The highest BCUT2D eigenvalue weighted by atomic mass is 16.5. The molecule has 1 aliphatic heterocycles. The molecule has 0 aliphatic carbocycles. The summed E-state index contributed by atoms with van der Waals surface area (Å²) in [5.74, 6) is 2.09. The third-order valence-corrected chi connectivity index (χ3v) is 3.61. The first-order chi connectivity index (χ1) is 10.3. The summed E-state index contributed by atoms with van der Waals surface area (Å²) in [5.41, 5.74) is 0. The van der Waals surface area contributed by atoms with Gasteiger partial charge in [0.05, 0.1) is 6.61 Å². The number of aromatic nitrogens is 5. The molecule has 2 aromatic rings. The van der Waals surface area contributed by atoms with Gasteiger partial charge in [-0.2, -0.15) is 15.0 Å². The Morgan fingerprint density at radius 2 is 2.19 bits per heavy atom. The molecular weight excluding hydrogens is 270 g/mol. The molecule has 1 fully saturated rings. The van der Waals surface area contributed by atoms with E-state index in [1.807, 2.05) is 0 Å². The third-order valence-electron chi connectivity index (χ3n) is 3.61. The van der Waals surface area contributed by atoms with Crippen molar-refractivity contribution in [3.05, 3.63) is 18.7 Å². The largest absolute Gasteiger partial charge is 0.381 e. The number of rotatable bonds is 5. The van der Waals surface area contributed by atoms with Crippen LogP contribution in [0.4, 0.5) is 11.9 Å². The molecule has 0 spiro atoms. The molecule has 3 heterocycles. The zero-order chi connectivity index (χ0) is 14.7. The van der Waals surface area contributed by atoms with Crippen molar-refractivity contribution in [2.24, 2.45) is 5.92 Å². The van der Waals surface area contributed by atoms with Gasteiger partial charge >= 0.3 is 0 Å². The monoisotopic (exact) mass is 289 g/mol. The molecule has 112 valence electrons. The summed E-state index contributed by atoms with van der Waals surface area (Å²) < 4.78 is 7.17. The van der Waals surface area contributed by atoms with Crippen LogP contribution in [0.3, 0.4) is 0 Å². The number of nitrogens with zero attached hydrogens (tertiary/aromatic N) is 5. The maximum atomic E-state index is 5.43. The molecule has 0 bridgehead atoms. The van der Waals surface area contributed by atoms with Crippen LogP contribution in [0.5, 0.6) is 0 Å². The summed E-state index contributed by atoms with van der Waals surface area (Å²) in [6.07, 6.45) is 6.21. The summed E-state index contributed by atoms with van der Waals surface area (Å²) in [5, 5.41) is 6.30. The van der Waals surface area contributed by atoms with Gasteiger partial charge in [0.1, 0.15) is 6.33 Å². The van der Waals surface area contributed by atoms with Gasteiger partial charge in [-0.1, -0.05) is 0 Å². The van der Waals surface area contributed by atoms with E-state index < -0.39 is 0 Å². The fourth-order valence-electron chi connectivity index (χ4n) is 2.30. The Morgan fingerprint density at radius 3 is 2.86 bits per heavy atom. The van der Waals surface area contributed by atoms with E-state index in [1.165, 1.54) is 0 Å². The lowest BCUT2D eigenvalue weighted by Gasteiger charge is -2.19. The fourth-order valence-corrected chi connectivity index (χ4v) is 2.30. The first-order valence-electron chi connectivity index (χ1n) is 7.02. The summed E-state index contributed by atoms with van der Waals surface area (Å²) in [4.78, 5) is 17.1. The molecule has 8 heteroatoms. The Labute approximate surface area is 123 Å². The van der Waals surface area contributed by atoms with Crippen LogP contribution < -0.4 is 10.6 Å². The van der Waals surface area contributed by atoms with Crippen LogP contribution in [0.25, 0.3) is 5.95 Å².